The minimum Gasteiger partial charge on any atom is -0.399 e. The van der Waals surface area contributed by atoms with Crippen LogP contribution in [0.5, 0.6) is 0 Å². The van der Waals surface area contributed by atoms with Crippen LogP contribution in [-0.4, -0.2) is 13.4 Å². The van der Waals surface area contributed by atoms with Crippen molar-refractivity contribution in [3.05, 3.63) is 54.5 Å². The summed E-state index contributed by atoms with van der Waals surface area (Å²) < 4.78 is 40.0. The second-order valence-electron chi connectivity index (χ2n) is 4.57. The van der Waals surface area contributed by atoms with Crippen LogP contribution in [0.1, 0.15) is 0 Å². The van der Waals surface area contributed by atoms with Gasteiger partial charge in [0.15, 0.2) is 0 Å². The van der Waals surface area contributed by atoms with Crippen LogP contribution in [0.2, 0.25) is 0 Å². The van der Waals surface area contributed by atoms with Gasteiger partial charge in [0.1, 0.15) is 10.7 Å². The van der Waals surface area contributed by atoms with E-state index in [1.54, 1.807) is 18.2 Å². The van der Waals surface area contributed by atoms with E-state index in [2.05, 4.69) is 9.71 Å². The molecule has 0 amide bonds. The highest BCUT2D eigenvalue weighted by Gasteiger charge is 2.19. The first-order chi connectivity index (χ1) is 9.95. The van der Waals surface area contributed by atoms with Gasteiger partial charge in [-0.3, -0.25) is 4.72 Å². The van der Waals surface area contributed by atoms with Crippen molar-refractivity contribution in [1.82, 2.24) is 4.98 Å². The van der Waals surface area contributed by atoms with Gasteiger partial charge in [-0.2, -0.15) is 0 Å². The van der Waals surface area contributed by atoms with Crippen molar-refractivity contribution in [2.45, 2.75) is 4.90 Å². The maximum absolute atomic E-state index is 12.8. The van der Waals surface area contributed by atoms with Gasteiger partial charge in [-0.25, -0.2) is 12.8 Å². The van der Waals surface area contributed by atoms with Gasteiger partial charge in [0.2, 0.25) is 0 Å². The lowest BCUT2D eigenvalue weighted by molar-refractivity contribution is 0.602. The van der Waals surface area contributed by atoms with Crippen molar-refractivity contribution in [3.63, 3.8) is 0 Å². The molecular formula is C14H12FN3O2S. The summed E-state index contributed by atoms with van der Waals surface area (Å²) in [5.41, 5.74) is 7.13. The molecule has 1 heterocycles. The maximum atomic E-state index is 12.8. The molecule has 21 heavy (non-hydrogen) atoms. The van der Waals surface area contributed by atoms with E-state index in [0.29, 0.717) is 22.3 Å². The van der Waals surface area contributed by atoms with Crippen molar-refractivity contribution < 1.29 is 12.8 Å². The molecule has 0 radical (unpaired) electrons. The van der Waals surface area contributed by atoms with Gasteiger partial charge >= 0.3 is 0 Å². The van der Waals surface area contributed by atoms with Gasteiger partial charge in [0, 0.05) is 28.5 Å². The lowest BCUT2D eigenvalue weighted by atomic mass is 10.2. The Labute approximate surface area is 120 Å². The van der Waals surface area contributed by atoms with E-state index >= 15 is 0 Å². The van der Waals surface area contributed by atoms with E-state index in [9.17, 15) is 12.8 Å². The molecule has 0 fully saturated rings. The molecule has 5 nitrogen and oxygen atoms in total. The molecule has 7 heteroatoms. The molecule has 3 rings (SSSR count). The third kappa shape index (κ3) is 2.55. The lowest BCUT2D eigenvalue weighted by Crippen LogP contribution is -2.12. The zero-order valence-electron chi connectivity index (χ0n) is 10.8. The summed E-state index contributed by atoms with van der Waals surface area (Å²) in [6, 6.07) is 10.0. The second-order valence-corrected chi connectivity index (χ2v) is 6.22. The standard InChI is InChI=1S/C14H12FN3O2S/c15-9-1-4-11(5-2-9)18-21(19,20)14-8-17-13-7-10(16)3-6-12(13)14/h1-8,17-18H,16H2. The molecule has 0 saturated carbocycles. The van der Waals surface area contributed by atoms with Crippen LogP contribution < -0.4 is 10.5 Å². The molecule has 0 aliphatic carbocycles. The van der Waals surface area contributed by atoms with Crippen LogP contribution >= 0.6 is 0 Å². The monoisotopic (exact) mass is 305 g/mol. The third-order valence-corrected chi connectivity index (χ3v) is 4.48. The van der Waals surface area contributed by atoms with Gasteiger partial charge in [0.25, 0.3) is 10.0 Å². The molecule has 2 aromatic carbocycles. The summed E-state index contributed by atoms with van der Waals surface area (Å²) in [6.45, 7) is 0. The zero-order valence-corrected chi connectivity index (χ0v) is 11.6. The topological polar surface area (TPSA) is 88.0 Å². The number of rotatable bonds is 3. The van der Waals surface area contributed by atoms with Crippen molar-refractivity contribution in [1.29, 1.82) is 0 Å². The Morgan fingerprint density at radius 2 is 1.81 bits per heavy atom. The van der Waals surface area contributed by atoms with Gasteiger partial charge in [0.05, 0.1) is 0 Å². The Bertz CT molecular complexity index is 902. The third-order valence-electron chi connectivity index (χ3n) is 3.05. The Kier molecular flexibility index (Phi) is 3.06. The van der Waals surface area contributed by atoms with Crippen LogP contribution in [0.25, 0.3) is 10.9 Å². The molecule has 0 aliphatic heterocycles. The Morgan fingerprint density at radius 1 is 1.10 bits per heavy atom. The molecule has 4 N–H and O–H groups in total. The molecule has 1 aromatic heterocycles. The number of benzene rings is 2. The Balaban J connectivity index is 2.02. The normalized spacial score (nSPS) is 11.7. The van der Waals surface area contributed by atoms with Crippen LogP contribution in [-0.2, 0) is 10.0 Å². The molecule has 108 valence electrons. The van der Waals surface area contributed by atoms with Crippen molar-refractivity contribution in [3.8, 4) is 0 Å². The van der Waals surface area contributed by atoms with Gasteiger partial charge in [-0.1, -0.05) is 0 Å². The van der Waals surface area contributed by atoms with E-state index in [4.69, 9.17) is 5.73 Å². The number of anilines is 2. The fourth-order valence-corrected chi connectivity index (χ4v) is 3.31. The molecule has 0 unspecified atom stereocenters. The number of hydrogen-bond acceptors (Lipinski definition) is 3. The van der Waals surface area contributed by atoms with Crippen LogP contribution in [0.4, 0.5) is 15.8 Å². The summed E-state index contributed by atoms with van der Waals surface area (Å²) >= 11 is 0. The molecule has 0 saturated heterocycles. The largest absolute Gasteiger partial charge is 0.399 e. The molecule has 0 spiro atoms. The van der Waals surface area contributed by atoms with Crippen molar-refractivity contribution in [2.24, 2.45) is 0 Å². The van der Waals surface area contributed by atoms with Gasteiger partial charge in [-0.15, -0.1) is 0 Å². The van der Waals surface area contributed by atoms with Crippen molar-refractivity contribution >= 4 is 32.3 Å². The summed E-state index contributed by atoms with van der Waals surface area (Å²) in [7, 11) is -3.77. The predicted octanol–water partition coefficient (Wildman–Crippen LogP) is 2.69. The minimum absolute atomic E-state index is 0.113. The summed E-state index contributed by atoms with van der Waals surface area (Å²) in [5.74, 6) is -0.430. The predicted molar refractivity (Wildman–Crippen MR) is 79.9 cm³/mol. The molecule has 0 aliphatic rings. The smallest absolute Gasteiger partial charge is 0.264 e. The van der Waals surface area contributed by atoms with Gasteiger partial charge < -0.3 is 10.7 Å². The number of halogens is 1. The van der Waals surface area contributed by atoms with E-state index < -0.39 is 15.8 Å². The summed E-state index contributed by atoms with van der Waals surface area (Å²) in [6.07, 6.45) is 1.40. The van der Waals surface area contributed by atoms with E-state index in [1.807, 2.05) is 0 Å². The highest BCUT2D eigenvalue weighted by molar-refractivity contribution is 7.93. The Morgan fingerprint density at radius 3 is 2.52 bits per heavy atom. The number of aromatic amines is 1. The van der Waals surface area contributed by atoms with Crippen LogP contribution in [0.3, 0.4) is 0 Å². The first-order valence-electron chi connectivity index (χ1n) is 6.11. The maximum Gasteiger partial charge on any atom is 0.264 e. The quantitative estimate of drug-likeness (QED) is 0.650. The molecule has 3 aromatic rings. The number of nitrogen functional groups attached to an aromatic ring is 1. The van der Waals surface area contributed by atoms with E-state index in [1.165, 1.54) is 30.5 Å². The van der Waals surface area contributed by atoms with Crippen molar-refractivity contribution in [2.75, 3.05) is 10.5 Å². The second kappa shape index (κ2) is 4.78. The van der Waals surface area contributed by atoms with Gasteiger partial charge in [-0.05, 0) is 42.5 Å². The highest BCUT2D eigenvalue weighted by atomic mass is 32.2. The zero-order chi connectivity index (χ0) is 15.0. The molecular weight excluding hydrogens is 293 g/mol. The SMILES string of the molecule is Nc1ccc2c(S(=O)(=O)Nc3ccc(F)cc3)c[nH]c2c1. The average Bonchev–Trinajstić information content (AvgIpc) is 2.85. The summed E-state index contributed by atoms with van der Waals surface area (Å²) in [5, 5.41) is 0.541. The number of nitrogens with two attached hydrogens (primary N) is 1. The lowest BCUT2D eigenvalue weighted by Gasteiger charge is -2.07. The number of hydrogen-bond donors (Lipinski definition) is 3. The fraction of sp³-hybridized carbons (Fsp3) is 0. The molecule has 0 atom stereocenters. The van der Waals surface area contributed by atoms with Crippen LogP contribution in [0.15, 0.2) is 53.6 Å². The number of fused-ring (bicyclic) bond motifs is 1. The Hall–Kier alpha value is -2.54. The fourth-order valence-electron chi connectivity index (χ4n) is 2.07. The number of H-pyrrole nitrogens is 1. The highest BCUT2D eigenvalue weighted by Crippen LogP contribution is 2.26. The summed E-state index contributed by atoms with van der Waals surface area (Å²) in [4.78, 5) is 2.98. The number of sulfonamides is 1. The first kappa shape index (κ1) is 13.4. The average molecular weight is 305 g/mol. The molecule has 0 bridgehead atoms. The first-order valence-corrected chi connectivity index (χ1v) is 7.59. The van der Waals surface area contributed by atoms with E-state index in [-0.39, 0.29) is 4.90 Å². The number of aromatic nitrogens is 1. The van der Waals surface area contributed by atoms with Crippen LogP contribution in [0, 0.1) is 5.82 Å². The number of nitrogens with one attached hydrogen (secondary N) is 2. The van der Waals surface area contributed by atoms with E-state index in [0.717, 1.165) is 0 Å². The minimum atomic E-state index is -3.77.